The molecule has 0 fully saturated rings. The van der Waals surface area contributed by atoms with Crippen LogP contribution in [-0.4, -0.2) is 15.7 Å². The lowest BCUT2D eigenvalue weighted by Crippen LogP contribution is -1.94. The number of imidazole rings is 1. The summed E-state index contributed by atoms with van der Waals surface area (Å²) in [5, 5.41) is 0.716. The molecule has 0 radical (unpaired) electrons. The first-order valence-corrected chi connectivity index (χ1v) is 6.85. The Hall–Kier alpha value is -2.33. The number of aromatic nitrogens is 2. The monoisotopic (exact) mass is 300 g/mol. The second-order valence-electron chi connectivity index (χ2n) is 4.82. The fourth-order valence-corrected chi connectivity index (χ4v) is 2.36. The van der Waals surface area contributed by atoms with Crippen molar-refractivity contribution >= 4 is 23.5 Å². The lowest BCUT2D eigenvalue weighted by atomic mass is 10.1. The molecule has 0 atom stereocenters. The predicted octanol–water partition coefficient (Wildman–Crippen LogP) is 4.21. The number of hydrogen-bond donors (Lipinski definition) is 0. The lowest BCUT2D eigenvalue weighted by molar-refractivity contribution is 0.111. The third kappa shape index (κ3) is 2.38. The molecule has 2 aromatic heterocycles. The van der Waals surface area contributed by atoms with Crippen LogP contribution in [0, 0.1) is 13.8 Å². The van der Waals surface area contributed by atoms with Gasteiger partial charge in [0.05, 0.1) is 0 Å². The number of carbonyl (C=O) groups excluding carboxylic acids is 1. The first kappa shape index (κ1) is 13.6. The third-order valence-electron chi connectivity index (χ3n) is 3.27. The van der Waals surface area contributed by atoms with E-state index in [0.717, 1.165) is 17.4 Å². The van der Waals surface area contributed by atoms with Gasteiger partial charge in [0.1, 0.15) is 11.4 Å². The van der Waals surface area contributed by atoms with Gasteiger partial charge in [-0.2, -0.15) is 4.98 Å². The molecule has 0 spiro atoms. The van der Waals surface area contributed by atoms with Gasteiger partial charge in [-0.05, 0) is 49.2 Å². The molecular weight excluding hydrogens is 288 g/mol. The first-order valence-electron chi connectivity index (χ1n) is 6.47. The molecule has 0 bridgehead atoms. The molecule has 0 aliphatic rings. The van der Waals surface area contributed by atoms with E-state index >= 15 is 0 Å². The van der Waals surface area contributed by atoms with Gasteiger partial charge in [0.25, 0.3) is 0 Å². The molecule has 0 aliphatic carbocycles. The summed E-state index contributed by atoms with van der Waals surface area (Å²) < 4.78 is 7.47. The number of benzene rings is 1. The molecule has 106 valence electrons. The highest BCUT2D eigenvalue weighted by molar-refractivity contribution is 6.32. The number of nitrogens with zero attached hydrogens (tertiary/aromatic N) is 2. The van der Waals surface area contributed by atoms with Crippen LogP contribution in [0.4, 0.5) is 0 Å². The Kier molecular flexibility index (Phi) is 3.39. The standard InChI is InChI=1S/C16H13ClN2O2/c1-10-7-12(8-11(2)15(10)17)21-16-13(9-20)19-6-4-3-5-14(19)18-16/h3-9H,1-2H3. The molecule has 3 aromatic rings. The topological polar surface area (TPSA) is 43.6 Å². The number of rotatable bonds is 3. The van der Waals surface area contributed by atoms with Crippen molar-refractivity contribution in [1.29, 1.82) is 0 Å². The van der Waals surface area contributed by atoms with Crippen molar-refractivity contribution in [3.63, 3.8) is 0 Å². The number of aryl methyl sites for hydroxylation is 2. The van der Waals surface area contributed by atoms with E-state index in [1.54, 1.807) is 10.6 Å². The van der Waals surface area contributed by atoms with E-state index in [0.29, 0.717) is 22.1 Å². The van der Waals surface area contributed by atoms with E-state index < -0.39 is 0 Å². The van der Waals surface area contributed by atoms with E-state index in [-0.39, 0.29) is 5.88 Å². The predicted molar refractivity (Wildman–Crippen MR) is 81.6 cm³/mol. The molecule has 1 aromatic carbocycles. The summed E-state index contributed by atoms with van der Waals surface area (Å²) in [7, 11) is 0. The number of carbonyl (C=O) groups is 1. The minimum Gasteiger partial charge on any atom is -0.437 e. The van der Waals surface area contributed by atoms with Gasteiger partial charge in [-0.25, -0.2) is 0 Å². The number of aldehydes is 1. The summed E-state index contributed by atoms with van der Waals surface area (Å²) in [5.74, 6) is 0.901. The zero-order valence-corrected chi connectivity index (χ0v) is 12.4. The van der Waals surface area contributed by atoms with Gasteiger partial charge in [-0.1, -0.05) is 17.7 Å². The fraction of sp³-hybridized carbons (Fsp3) is 0.125. The number of halogens is 1. The molecule has 5 heteroatoms. The highest BCUT2D eigenvalue weighted by atomic mass is 35.5. The van der Waals surface area contributed by atoms with Crippen molar-refractivity contribution in [3.05, 3.63) is 58.4 Å². The van der Waals surface area contributed by atoms with Crippen LogP contribution in [0.25, 0.3) is 5.65 Å². The molecule has 0 amide bonds. The summed E-state index contributed by atoms with van der Waals surface area (Å²) in [6.07, 6.45) is 2.52. The Morgan fingerprint density at radius 1 is 1.24 bits per heavy atom. The molecule has 3 rings (SSSR count). The zero-order valence-electron chi connectivity index (χ0n) is 11.6. The van der Waals surface area contributed by atoms with E-state index in [4.69, 9.17) is 16.3 Å². The van der Waals surface area contributed by atoms with Crippen LogP contribution in [0.5, 0.6) is 11.6 Å². The summed E-state index contributed by atoms with van der Waals surface area (Å²) >= 11 is 6.14. The van der Waals surface area contributed by atoms with Gasteiger partial charge in [-0.15, -0.1) is 0 Å². The second-order valence-corrected chi connectivity index (χ2v) is 5.20. The fourth-order valence-electron chi connectivity index (χ4n) is 2.25. The second kappa shape index (κ2) is 5.22. The Morgan fingerprint density at radius 3 is 2.62 bits per heavy atom. The molecule has 21 heavy (non-hydrogen) atoms. The van der Waals surface area contributed by atoms with E-state index in [9.17, 15) is 4.79 Å². The molecule has 4 nitrogen and oxygen atoms in total. The third-order valence-corrected chi connectivity index (χ3v) is 3.87. The number of fused-ring (bicyclic) bond motifs is 1. The number of ether oxygens (including phenoxy) is 1. The van der Waals surface area contributed by atoms with Gasteiger partial charge in [-0.3, -0.25) is 9.20 Å². The first-order chi connectivity index (χ1) is 10.1. The van der Waals surface area contributed by atoms with Crippen molar-refractivity contribution in [2.75, 3.05) is 0 Å². The Bertz CT molecular complexity index is 816. The molecule has 0 unspecified atom stereocenters. The van der Waals surface area contributed by atoms with Crippen LogP contribution >= 0.6 is 11.6 Å². The summed E-state index contributed by atoms with van der Waals surface area (Å²) in [6.45, 7) is 3.82. The van der Waals surface area contributed by atoms with Crippen molar-refractivity contribution in [3.8, 4) is 11.6 Å². The number of pyridine rings is 1. The quantitative estimate of drug-likeness (QED) is 0.681. The molecular formula is C16H13ClN2O2. The largest absolute Gasteiger partial charge is 0.437 e. The maximum absolute atomic E-state index is 11.3. The average Bonchev–Trinajstić information content (AvgIpc) is 2.81. The SMILES string of the molecule is Cc1cc(Oc2nc3ccccn3c2C=O)cc(C)c1Cl. The zero-order chi connectivity index (χ0) is 15.0. The summed E-state index contributed by atoms with van der Waals surface area (Å²) in [4.78, 5) is 15.7. The Labute approximate surface area is 126 Å². The van der Waals surface area contributed by atoms with E-state index in [2.05, 4.69) is 4.98 Å². The van der Waals surface area contributed by atoms with Crippen molar-refractivity contribution in [2.45, 2.75) is 13.8 Å². The molecule has 2 heterocycles. The molecule has 0 aliphatic heterocycles. The summed E-state index contributed by atoms with van der Waals surface area (Å²) in [6, 6.07) is 9.17. The smallest absolute Gasteiger partial charge is 0.249 e. The highest BCUT2D eigenvalue weighted by Crippen LogP contribution is 2.30. The van der Waals surface area contributed by atoms with Gasteiger partial charge < -0.3 is 4.74 Å². The van der Waals surface area contributed by atoms with Gasteiger partial charge >= 0.3 is 0 Å². The van der Waals surface area contributed by atoms with Gasteiger partial charge in [0, 0.05) is 11.2 Å². The van der Waals surface area contributed by atoms with E-state index in [1.165, 1.54) is 0 Å². The minimum atomic E-state index is 0.289. The van der Waals surface area contributed by atoms with Crippen LogP contribution in [0.1, 0.15) is 21.6 Å². The maximum Gasteiger partial charge on any atom is 0.249 e. The highest BCUT2D eigenvalue weighted by Gasteiger charge is 2.14. The minimum absolute atomic E-state index is 0.289. The maximum atomic E-state index is 11.3. The van der Waals surface area contributed by atoms with Crippen molar-refractivity contribution in [1.82, 2.24) is 9.38 Å². The lowest BCUT2D eigenvalue weighted by Gasteiger charge is -2.08. The Morgan fingerprint density at radius 2 is 1.95 bits per heavy atom. The van der Waals surface area contributed by atoms with Crippen LogP contribution in [0.15, 0.2) is 36.5 Å². The van der Waals surface area contributed by atoms with E-state index in [1.807, 2.05) is 44.2 Å². The summed E-state index contributed by atoms with van der Waals surface area (Å²) in [5.41, 5.74) is 2.89. The van der Waals surface area contributed by atoms with Crippen LogP contribution in [0.3, 0.4) is 0 Å². The van der Waals surface area contributed by atoms with Crippen LogP contribution < -0.4 is 4.74 Å². The Balaban J connectivity index is 2.08. The number of hydrogen-bond acceptors (Lipinski definition) is 3. The van der Waals surface area contributed by atoms with Gasteiger partial charge in [0.15, 0.2) is 12.0 Å². The van der Waals surface area contributed by atoms with Crippen LogP contribution in [-0.2, 0) is 0 Å². The van der Waals surface area contributed by atoms with Crippen molar-refractivity contribution in [2.24, 2.45) is 0 Å². The normalized spacial score (nSPS) is 10.8. The molecule has 0 saturated carbocycles. The average molecular weight is 301 g/mol. The van der Waals surface area contributed by atoms with Crippen LogP contribution in [0.2, 0.25) is 5.02 Å². The molecule has 0 saturated heterocycles. The van der Waals surface area contributed by atoms with Crippen molar-refractivity contribution < 1.29 is 9.53 Å². The van der Waals surface area contributed by atoms with Gasteiger partial charge in [0.2, 0.25) is 5.88 Å². The molecule has 0 N–H and O–H groups in total.